The third-order valence-electron chi connectivity index (χ3n) is 3.61. The Morgan fingerprint density at radius 1 is 1.24 bits per heavy atom. The molecule has 4 nitrogen and oxygen atoms in total. The Kier molecular flexibility index (Phi) is 4.49. The first kappa shape index (κ1) is 16.1. The molecule has 1 aromatic rings. The molecule has 21 heavy (non-hydrogen) atoms. The first-order valence-corrected chi connectivity index (χ1v) is 7.65. The van der Waals surface area contributed by atoms with E-state index in [1.54, 1.807) is 12.1 Å². The second kappa shape index (κ2) is 5.85. The summed E-state index contributed by atoms with van der Waals surface area (Å²) in [5.41, 5.74) is 0.721. The van der Waals surface area contributed by atoms with Crippen LogP contribution in [0, 0.1) is 0 Å². The van der Waals surface area contributed by atoms with Crippen molar-refractivity contribution in [3.8, 4) is 0 Å². The van der Waals surface area contributed by atoms with E-state index in [4.69, 9.17) is 11.6 Å². The molecule has 5 heteroatoms. The lowest BCUT2D eigenvalue weighted by molar-refractivity contribution is 0.149. The van der Waals surface area contributed by atoms with Crippen LogP contribution in [-0.4, -0.2) is 23.2 Å². The highest BCUT2D eigenvalue weighted by Crippen LogP contribution is 2.28. The van der Waals surface area contributed by atoms with Crippen LogP contribution in [0.3, 0.4) is 0 Å². The third-order valence-corrected chi connectivity index (χ3v) is 3.84. The van der Waals surface area contributed by atoms with Crippen molar-refractivity contribution in [1.29, 1.82) is 0 Å². The molecule has 1 fully saturated rings. The van der Waals surface area contributed by atoms with Gasteiger partial charge in [0.25, 0.3) is 0 Å². The van der Waals surface area contributed by atoms with Crippen LogP contribution in [0.5, 0.6) is 0 Å². The van der Waals surface area contributed by atoms with Gasteiger partial charge in [-0.2, -0.15) is 0 Å². The monoisotopic (exact) mass is 309 g/mol. The number of piperidine rings is 1. The zero-order valence-electron chi connectivity index (χ0n) is 13.1. The van der Waals surface area contributed by atoms with Crippen molar-refractivity contribution in [2.75, 3.05) is 5.32 Å². The molecule has 0 aliphatic carbocycles. The highest BCUT2D eigenvalue weighted by Gasteiger charge is 2.38. The van der Waals surface area contributed by atoms with Crippen LogP contribution < -0.4 is 16.0 Å². The molecular formula is C16H24ClN3O. The molecule has 0 spiro atoms. The van der Waals surface area contributed by atoms with Crippen LogP contribution in [0.2, 0.25) is 5.02 Å². The summed E-state index contributed by atoms with van der Waals surface area (Å²) in [5, 5.41) is 10.1. The summed E-state index contributed by atoms with van der Waals surface area (Å²) in [7, 11) is 0. The van der Waals surface area contributed by atoms with Crippen LogP contribution in [0.25, 0.3) is 0 Å². The lowest BCUT2D eigenvalue weighted by Crippen LogP contribution is -2.62. The van der Waals surface area contributed by atoms with Gasteiger partial charge in [0.1, 0.15) is 0 Å². The average Bonchev–Trinajstić information content (AvgIpc) is 2.23. The van der Waals surface area contributed by atoms with Gasteiger partial charge in [0.2, 0.25) is 0 Å². The number of carbonyl (C=O) groups is 1. The fourth-order valence-electron chi connectivity index (χ4n) is 3.34. The summed E-state index contributed by atoms with van der Waals surface area (Å²) < 4.78 is 0. The van der Waals surface area contributed by atoms with E-state index in [1.165, 1.54) is 0 Å². The summed E-state index contributed by atoms with van der Waals surface area (Å²) in [6.45, 7) is 8.66. The molecular weight excluding hydrogens is 286 g/mol. The van der Waals surface area contributed by atoms with Crippen molar-refractivity contribution in [2.45, 2.75) is 57.7 Å². The number of urea groups is 1. The first-order chi connectivity index (χ1) is 9.65. The maximum atomic E-state index is 12.1. The highest BCUT2D eigenvalue weighted by molar-refractivity contribution is 6.30. The summed E-state index contributed by atoms with van der Waals surface area (Å²) in [4.78, 5) is 12.1. The quantitative estimate of drug-likeness (QED) is 0.779. The summed E-state index contributed by atoms with van der Waals surface area (Å²) in [6.07, 6.45) is 1.80. The van der Waals surface area contributed by atoms with E-state index in [-0.39, 0.29) is 23.2 Å². The molecule has 1 aliphatic heterocycles. The zero-order valence-corrected chi connectivity index (χ0v) is 13.8. The molecule has 0 radical (unpaired) electrons. The Balaban J connectivity index is 1.96. The molecule has 0 bridgehead atoms. The van der Waals surface area contributed by atoms with Crippen molar-refractivity contribution in [3.05, 3.63) is 29.3 Å². The lowest BCUT2D eigenvalue weighted by atomic mass is 9.80. The fourth-order valence-corrected chi connectivity index (χ4v) is 3.53. The number of amides is 2. The second-order valence-electron chi connectivity index (χ2n) is 7.11. The topological polar surface area (TPSA) is 53.2 Å². The molecule has 0 saturated carbocycles. The van der Waals surface area contributed by atoms with Gasteiger partial charge in [-0.25, -0.2) is 4.79 Å². The van der Waals surface area contributed by atoms with Crippen LogP contribution in [0.15, 0.2) is 24.3 Å². The van der Waals surface area contributed by atoms with Gasteiger partial charge in [0, 0.05) is 27.8 Å². The van der Waals surface area contributed by atoms with E-state index < -0.39 is 0 Å². The largest absolute Gasteiger partial charge is 0.335 e. The predicted octanol–water partition coefficient (Wildman–Crippen LogP) is 3.77. The molecule has 0 unspecified atom stereocenters. The molecule has 2 amide bonds. The van der Waals surface area contributed by atoms with Crippen molar-refractivity contribution >= 4 is 23.3 Å². The van der Waals surface area contributed by atoms with Gasteiger partial charge >= 0.3 is 6.03 Å². The smallest absolute Gasteiger partial charge is 0.319 e. The molecule has 0 aromatic heterocycles. The van der Waals surface area contributed by atoms with Gasteiger partial charge in [-0.05, 0) is 58.7 Å². The van der Waals surface area contributed by atoms with E-state index in [0.29, 0.717) is 10.7 Å². The van der Waals surface area contributed by atoms with Gasteiger partial charge in [0.15, 0.2) is 0 Å². The van der Waals surface area contributed by atoms with E-state index in [2.05, 4.69) is 43.6 Å². The minimum Gasteiger partial charge on any atom is -0.335 e. The number of hydrogen-bond donors (Lipinski definition) is 3. The van der Waals surface area contributed by atoms with E-state index >= 15 is 0 Å². The van der Waals surface area contributed by atoms with Gasteiger partial charge in [-0.3, -0.25) is 0 Å². The van der Waals surface area contributed by atoms with Gasteiger partial charge in [-0.1, -0.05) is 17.7 Å². The first-order valence-electron chi connectivity index (χ1n) is 7.28. The maximum Gasteiger partial charge on any atom is 0.319 e. The van der Waals surface area contributed by atoms with Crippen molar-refractivity contribution in [2.24, 2.45) is 0 Å². The molecule has 2 rings (SSSR count). The highest BCUT2D eigenvalue weighted by atomic mass is 35.5. The van der Waals surface area contributed by atoms with Crippen LogP contribution >= 0.6 is 11.6 Å². The Morgan fingerprint density at radius 2 is 1.86 bits per heavy atom. The Hall–Kier alpha value is -1.26. The minimum atomic E-state index is -0.184. The molecule has 1 heterocycles. The van der Waals surface area contributed by atoms with Crippen molar-refractivity contribution in [1.82, 2.24) is 10.6 Å². The molecule has 0 atom stereocenters. The van der Waals surface area contributed by atoms with Crippen LogP contribution in [-0.2, 0) is 0 Å². The number of hydrogen-bond acceptors (Lipinski definition) is 2. The number of benzene rings is 1. The van der Waals surface area contributed by atoms with E-state index in [0.717, 1.165) is 12.8 Å². The summed E-state index contributed by atoms with van der Waals surface area (Å²) in [5.74, 6) is 0. The van der Waals surface area contributed by atoms with Crippen molar-refractivity contribution in [3.63, 3.8) is 0 Å². The Labute approximate surface area is 131 Å². The number of rotatable bonds is 2. The molecule has 116 valence electrons. The standard InChI is InChI=1S/C16H24ClN3O/c1-15(2)9-13(10-16(3,4)20-15)19-14(21)18-12-7-5-6-11(17)8-12/h5-8,13,20H,9-10H2,1-4H3,(H2,18,19,21). The Bertz CT molecular complexity index is 512. The number of nitrogens with one attached hydrogen (secondary N) is 3. The number of halogens is 1. The molecule has 1 aliphatic rings. The van der Waals surface area contributed by atoms with Gasteiger partial charge in [-0.15, -0.1) is 0 Å². The third kappa shape index (κ3) is 4.90. The normalized spacial score (nSPS) is 20.8. The predicted molar refractivity (Wildman–Crippen MR) is 87.9 cm³/mol. The summed E-state index contributed by atoms with van der Waals surface area (Å²) >= 11 is 5.91. The van der Waals surface area contributed by atoms with Crippen molar-refractivity contribution < 1.29 is 4.79 Å². The SMILES string of the molecule is CC1(C)CC(NC(=O)Nc2cccc(Cl)c2)CC(C)(C)N1. The average molecular weight is 310 g/mol. The van der Waals surface area contributed by atoms with Gasteiger partial charge in [0.05, 0.1) is 0 Å². The van der Waals surface area contributed by atoms with E-state index in [1.807, 2.05) is 12.1 Å². The molecule has 1 saturated heterocycles. The second-order valence-corrected chi connectivity index (χ2v) is 7.54. The van der Waals surface area contributed by atoms with Gasteiger partial charge < -0.3 is 16.0 Å². The molecule has 3 N–H and O–H groups in total. The fraction of sp³-hybridized carbons (Fsp3) is 0.562. The number of carbonyl (C=O) groups excluding carboxylic acids is 1. The zero-order chi connectivity index (χ0) is 15.7. The maximum absolute atomic E-state index is 12.1. The summed E-state index contributed by atoms with van der Waals surface area (Å²) in [6, 6.07) is 7.11. The Morgan fingerprint density at radius 3 is 2.43 bits per heavy atom. The van der Waals surface area contributed by atoms with E-state index in [9.17, 15) is 4.79 Å². The van der Waals surface area contributed by atoms with Crippen LogP contribution in [0.1, 0.15) is 40.5 Å². The number of anilines is 1. The lowest BCUT2D eigenvalue weighted by Gasteiger charge is -2.46. The molecule has 1 aromatic carbocycles. The minimum absolute atomic E-state index is 0.00967. The van der Waals surface area contributed by atoms with Crippen LogP contribution in [0.4, 0.5) is 10.5 Å².